The number of piperidine rings is 1. The van der Waals surface area contributed by atoms with E-state index in [0.29, 0.717) is 17.5 Å². The number of nitrogens with one attached hydrogen (secondary N) is 1. The summed E-state index contributed by atoms with van der Waals surface area (Å²) in [5, 5.41) is 12.2. The van der Waals surface area contributed by atoms with Gasteiger partial charge in [0.15, 0.2) is 5.65 Å². The number of amides is 1. The molecule has 0 bridgehead atoms. The Balaban J connectivity index is 1.68. The first-order valence-electron chi connectivity index (χ1n) is 8.57. The Kier molecular flexibility index (Phi) is 5.23. The summed E-state index contributed by atoms with van der Waals surface area (Å²) < 4.78 is 1.89. The summed E-state index contributed by atoms with van der Waals surface area (Å²) in [5.74, 6) is 1.50. The lowest BCUT2D eigenvalue weighted by Crippen LogP contribution is -2.44. The fraction of sp³-hybridized carbons (Fsp3) is 0.588. The third kappa shape index (κ3) is 3.80. The van der Waals surface area contributed by atoms with Crippen LogP contribution in [0.25, 0.3) is 5.65 Å². The number of anilines is 1. The molecule has 0 saturated carbocycles. The van der Waals surface area contributed by atoms with Gasteiger partial charge in [-0.3, -0.25) is 9.20 Å². The van der Waals surface area contributed by atoms with Crippen molar-refractivity contribution in [2.75, 3.05) is 24.5 Å². The van der Waals surface area contributed by atoms with Crippen molar-refractivity contribution < 1.29 is 4.79 Å². The van der Waals surface area contributed by atoms with Gasteiger partial charge in [-0.05, 0) is 37.3 Å². The van der Waals surface area contributed by atoms with Crippen LogP contribution in [0.15, 0.2) is 18.3 Å². The van der Waals surface area contributed by atoms with Gasteiger partial charge in [-0.1, -0.05) is 25.4 Å². The van der Waals surface area contributed by atoms with E-state index in [2.05, 4.69) is 34.3 Å². The number of hydrogen-bond acceptors (Lipinski definition) is 4. The van der Waals surface area contributed by atoms with Crippen molar-refractivity contribution in [3.63, 3.8) is 0 Å². The van der Waals surface area contributed by atoms with Crippen LogP contribution in [0.2, 0.25) is 5.02 Å². The standard InChI is InChI=1S/C17H24ClN5O/c1-12(2)7-8-19-16(24)13-4-3-9-22(10-13)17-21-20-15-6-5-14(18)11-23(15)17/h5-6,11-13H,3-4,7-10H2,1-2H3,(H,19,24)/t13-/m0/s1. The lowest BCUT2D eigenvalue weighted by atomic mass is 9.97. The van der Waals surface area contributed by atoms with E-state index >= 15 is 0 Å². The van der Waals surface area contributed by atoms with Crippen molar-refractivity contribution >= 4 is 29.1 Å². The van der Waals surface area contributed by atoms with Gasteiger partial charge in [0.1, 0.15) is 0 Å². The van der Waals surface area contributed by atoms with Crippen molar-refractivity contribution in [2.24, 2.45) is 11.8 Å². The molecule has 0 radical (unpaired) electrons. The monoisotopic (exact) mass is 349 g/mol. The Bertz CT molecular complexity index is 714. The first kappa shape index (κ1) is 17.0. The molecular formula is C17H24ClN5O. The number of fused-ring (bicyclic) bond motifs is 1. The molecule has 3 rings (SSSR count). The molecule has 1 saturated heterocycles. The van der Waals surface area contributed by atoms with Gasteiger partial charge in [-0.15, -0.1) is 10.2 Å². The van der Waals surface area contributed by atoms with E-state index in [1.165, 1.54) is 0 Å². The molecule has 1 fully saturated rings. The smallest absolute Gasteiger partial charge is 0.231 e. The molecule has 1 amide bonds. The van der Waals surface area contributed by atoms with Crippen LogP contribution in [0, 0.1) is 11.8 Å². The van der Waals surface area contributed by atoms with Gasteiger partial charge in [0.25, 0.3) is 0 Å². The molecule has 24 heavy (non-hydrogen) atoms. The van der Waals surface area contributed by atoms with Crippen molar-refractivity contribution in [3.05, 3.63) is 23.4 Å². The molecule has 1 N–H and O–H groups in total. The van der Waals surface area contributed by atoms with E-state index < -0.39 is 0 Å². The van der Waals surface area contributed by atoms with Crippen molar-refractivity contribution in [1.82, 2.24) is 19.9 Å². The number of carbonyl (C=O) groups is 1. The molecule has 0 aliphatic carbocycles. The third-order valence-electron chi connectivity index (χ3n) is 4.44. The third-order valence-corrected chi connectivity index (χ3v) is 4.67. The number of halogens is 1. The molecule has 1 atom stereocenters. The summed E-state index contributed by atoms with van der Waals surface area (Å²) in [5.41, 5.74) is 0.762. The normalized spacial score (nSPS) is 18.3. The molecule has 0 spiro atoms. The van der Waals surface area contributed by atoms with Crippen LogP contribution in [-0.2, 0) is 4.79 Å². The minimum Gasteiger partial charge on any atom is -0.356 e. The number of pyridine rings is 1. The predicted molar refractivity (Wildman–Crippen MR) is 95.4 cm³/mol. The zero-order valence-electron chi connectivity index (χ0n) is 14.2. The highest BCUT2D eigenvalue weighted by Crippen LogP contribution is 2.23. The van der Waals surface area contributed by atoms with Crippen LogP contribution in [0.3, 0.4) is 0 Å². The maximum atomic E-state index is 12.4. The van der Waals surface area contributed by atoms with Gasteiger partial charge in [-0.25, -0.2) is 0 Å². The number of nitrogens with zero attached hydrogens (tertiary/aromatic N) is 4. The molecule has 2 aromatic rings. The molecule has 7 heteroatoms. The van der Waals surface area contributed by atoms with Gasteiger partial charge in [-0.2, -0.15) is 0 Å². The van der Waals surface area contributed by atoms with Crippen molar-refractivity contribution in [2.45, 2.75) is 33.1 Å². The second-order valence-corrected chi connectivity index (χ2v) is 7.27. The van der Waals surface area contributed by atoms with Crippen LogP contribution in [0.4, 0.5) is 5.95 Å². The van der Waals surface area contributed by atoms with Crippen LogP contribution >= 0.6 is 11.6 Å². The zero-order valence-corrected chi connectivity index (χ0v) is 15.0. The molecule has 1 aliphatic rings. The highest BCUT2D eigenvalue weighted by Gasteiger charge is 2.28. The van der Waals surface area contributed by atoms with Gasteiger partial charge in [0, 0.05) is 25.8 Å². The molecule has 6 nitrogen and oxygen atoms in total. The van der Waals surface area contributed by atoms with Crippen LogP contribution < -0.4 is 10.2 Å². The number of carbonyl (C=O) groups excluding carboxylic acids is 1. The summed E-state index contributed by atoms with van der Waals surface area (Å²) in [4.78, 5) is 14.5. The zero-order chi connectivity index (χ0) is 17.1. The van der Waals surface area contributed by atoms with Crippen LogP contribution in [-0.4, -0.2) is 40.1 Å². The fourth-order valence-electron chi connectivity index (χ4n) is 3.07. The van der Waals surface area contributed by atoms with Crippen molar-refractivity contribution in [1.29, 1.82) is 0 Å². The first-order chi connectivity index (χ1) is 11.5. The maximum absolute atomic E-state index is 12.4. The van der Waals surface area contributed by atoms with E-state index in [9.17, 15) is 4.79 Å². The molecule has 3 heterocycles. The quantitative estimate of drug-likeness (QED) is 0.901. The number of rotatable bonds is 5. The minimum absolute atomic E-state index is 0.00236. The average Bonchev–Trinajstić information content (AvgIpc) is 2.97. The molecule has 130 valence electrons. The van der Waals surface area contributed by atoms with E-state index in [-0.39, 0.29) is 11.8 Å². The summed E-state index contributed by atoms with van der Waals surface area (Å²) >= 11 is 6.09. The van der Waals surface area contributed by atoms with Crippen LogP contribution in [0.1, 0.15) is 33.1 Å². The Hall–Kier alpha value is -1.82. The Morgan fingerprint density at radius 3 is 3.04 bits per heavy atom. The summed E-state index contributed by atoms with van der Waals surface area (Å²) in [6.07, 6.45) is 4.72. The maximum Gasteiger partial charge on any atom is 0.231 e. The van der Waals surface area contributed by atoms with Crippen molar-refractivity contribution in [3.8, 4) is 0 Å². The fourth-order valence-corrected chi connectivity index (χ4v) is 3.23. The SMILES string of the molecule is CC(C)CCNC(=O)[C@H]1CCCN(c2nnc3ccc(Cl)cn23)C1. The van der Waals surface area contributed by atoms with E-state index in [4.69, 9.17) is 11.6 Å². The number of aromatic nitrogens is 3. The summed E-state index contributed by atoms with van der Waals surface area (Å²) in [6, 6.07) is 3.65. The Morgan fingerprint density at radius 2 is 2.25 bits per heavy atom. The lowest BCUT2D eigenvalue weighted by Gasteiger charge is -2.32. The van der Waals surface area contributed by atoms with E-state index in [0.717, 1.165) is 43.9 Å². The van der Waals surface area contributed by atoms with Gasteiger partial charge in [0.2, 0.25) is 11.9 Å². The molecular weight excluding hydrogens is 326 g/mol. The highest BCUT2D eigenvalue weighted by molar-refractivity contribution is 6.30. The Morgan fingerprint density at radius 1 is 1.42 bits per heavy atom. The topological polar surface area (TPSA) is 62.5 Å². The second-order valence-electron chi connectivity index (χ2n) is 6.83. The lowest BCUT2D eigenvalue weighted by molar-refractivity contribution is -0.125. The molecule has 2 aromatic heterocycles. The minimum atomic E-state index is -0.00236. The molecule has 0 aromatic carbocycles. The summed E-state index contributed by atoms with van der Waals surface area (Å²) in [7, 11) is 0. The first-order valence-corrected chi connectivity index (χ1v) is 8.95. The molecule has 1 aliphatic heterocycles. The second kappa shape index (κ2) is 7.38. The Labute approximate surface area is 147 Å². The van der Waals surface area contributed by atoms with E-state index in [1.807, 2.05) is 16.7 Å². The predicted octanol–water partition coefficient (Wildman–Crippen LogP) is 2.76. The van der Waals surface area contributed by atoms with Gasteiger partial charge >= 0.3 is 0 Å². The van der Waals surface area contributed by atoms with E-state index in [1.54, 1.807) is 6.07 Å². The summed E-state index contributed by atoms with van der Waals surface area (Å²) in [6.45, 7) is 6.62. The number of hydrogen-bond donors (Lipinski definition) is 1. The van der Waals surface area contributed by atoms with Crippen LogP contribution in [0.5, 0.6) is 0 Å². The van der Waals surface area contributed by atoms with Gasteiger partial charge < -0.3 is 10.2 Å². The van der Waals surface area contributed by atoms with Gasteiger partial charge in [0.05, 0.1) is 10.9 Å². The largest absolute Gasteiger partial charge is 0.356 e. The average molecular weight is 350 g/mol. The molecule has 0 unspecified atom stereocenters. The highest BCUT2D eigenvalue weighted by atomic mass is 35.5.